The van der Waals surface area contributed by atoms with Crippen LogP contribution in [-0.4, -0.2) is 14.1 Å². The fourth-order valence-corrected chi connectivity index (χ4v) is 10.7. The summed E-state index contributed by atoms with van der Waals surface area (Å²) in [6, 6.07) is 65.5. The van der Waals surface area contributed by atoms with Crippen molar-refractivity contribution in [2.45, 2.75) is 0 Å². The molecule has 0 bridgehead atoms. The molecule has 0 aliphatic rings. The van der Waals surface area contributed by atoms with Gasteiger partial charge in [0.2, 0.25) is 0 Å². The molecule has 0 fully saturated rings. The summed E-state index contributed by atoms with van der Waals surface area (Å²) in [6.45, 7) is 0. The second-order valence-corrected chi connectivity index (χ2v) is 16.2. The second kappa shape index (κ2) is 12.0. The Morgan fingerprint density at radius 1 is 0.414 bits per heavy atom. The number of rotatable bonds is 4. The fraction of sp³-hybridized carbons (Fsp3) is 0. The highest BCUT2D eigenvalue weighted by Crippen LogP contribution is 2.44. The number of hydrogen-bond donors (Lipinski definition) is 0. The molecule has 58 heavy (non-hydrogen) atoms. The topological polar surface area (TPSA) is 35.9 Å². The summed E-state index contributed by atoms with van der Waals surface area (Å²) in [5.41, 5.74) is 13.0. The van der Waals surface area contributed by atoms with Gasteiger partial charge in [0.1, 0.15) is 11.2 Å². The van der Waals surface area contributed by atoms with Gasteiger partial charge in [-0.3, -0.25) is 4.98 Å². The Hall–Kier alpha value is -7.47. The monoisotopic (exact) mass is 757 g/mol. The highest BCUT2D eigenvalue weighted by molar-refractivity contribution is 7.26. The maximum Gasteiger partial charge on any atom is 0.145 e. The lowest BCUT2D eigenvalue weighted by Crippen LogP contribution is -1.95. The third kappa shape index (κ3) is 4.47. The van der Waals surface area contributed by atoms with E-state index in [0.717, 1.165) is 72.1 Å². The predicted octanol–water partition coefficient (Wildman–Crippen LogP) is 14.9. The zero-order valence-electron chi connectivity index (χ0n) is 31.1. The number of thiophene rings is 1. The number of pyridine rings is 1. The summed E-state index contributed by atoms with van der Waals surface area (Å²) >= 11 is 1.89. The number of fused-ring (bicyclic) bond motifs is 14. The van der Waals surface area contributed by atoms with Gasteiger partial charge in [-0.1, -0.05) is 103 Å². The lowest BCUT2D eigenvalue weighted by molar-refractivity contribution is 0.673. The van der Waals surface area contributed by atoms with E-state index in [0.29, 0.717) is 0 Å². The number of nitrogens with zero attached hydrogens (tertiary/aromatic N) is 3. The van der Waals surface area contributed by atoms with Crippen LogP contribution < -0.4 is 0 Å². The van der Waals surface area contributed by atoms with Crippen LogP contribution in [0.5, 0.6) is 0 Å². The van der Waals surface area contributed by atoms with E-state index in [1.54, 1.807) is 0 Å². The molecule has 5 heteroatoms. The molecule has 0 saturated carbocycles. The van der Waals surface area contributed by atoms with Crippen molar-refractivity contribution in [1.29, 1.82) is 0 Å². The minimum absolute atomic E-state index is 0.906. The SMILES string of the molecule is c1cc(-c2cc(-c3cccc(-n4c5ccccc5c5c6sc7ccccc7c6ccc54)c3)ccn2)cc(-n2c3ccccc3c3c4oc5ccccc5c4ccc32)c1. The Labute approximate surface area is 336 Å². The quantitative estimate of drug-likeness (QED) is 0.179. The van der Waals surface area contributed by atoms with Gasteiger partial charge in [0.15, 0.2) is 0 Å². The van der Waals surface area contributed by atoms with Crippen LogP contribution in [0.1, 0.15) is 0 Å². The first-order valence-corrected chi connectivity index (χ1v) is 20.4. The van der Waals surface area contributed by atoms with Gasteiger partial charge in [0.25, 0.3) is 0 Å². The third-order valence-electron chi connectivity index (χ3n) is 12.0. The predicted molar refractivity (Wildman–Crippen MR) is 244 cm³/mol. The molecule has 270 valence electrons. The van der Waals surface area contributed by atoms with Crippen LogP contribution >= 0.6 is 11.3 Å². The molecule has 4 nitrogen and oxygen atoms in total. The second-order valence-electron chi connectivity index (χ2n) is 15.1. The van der Waals surface area contributed by atoms with E-state index in [2.05, 4.69) is 185 Å². The molecule has 0 N–H and O–H groups in total. The van der Waals surface area contributed by atoms with Gasteiger partial charge in [0.05, 0.1) is 33.1 Å². The molecule has 13 aromatic rings. The van der Waals surface area contributed by atoms with Crippen molar-refractivity contribution < 1.29 is 4.42 Å². The van der Waals surface area contributed by atoms with Gasteiger partial charge in [0, 0.05) is 70.2 Å². The average Bonchev–Trinajstić information content (AvgIpc) is 4.04. The minimum Gasteiger partial charge on any atom is -0.455 e. The van der Waals surface area contributed by atoms with Gasteiger partial charge in [-0.2, -0.15) is 0 Å². The van der Waals surface area contributed by atoms with E-state index in [9.17, 15) is 0 Å². The van der Waals surface area contributed by atoms with Crippen molar-refractivity contribution in [2.24, 2.45) is 0 Å². The number of aromatic nitrogens is 3. The van der Waals surface area contributed by atoms with E-state index >= 15 is 0 Å². The summed E-state index contributed by atoms with van der Waals surface area (Å²) in [5.74, 6) is 0. The Kier molecular flexibility index (Phi) is 6.57. The standard InChI is InChI=1S/C53H31N3OS/c1-5-19-44-41(17-1)50-46(25-23-39-37-15-3-7-21-48(37)57-52(39)50)55(44)36-14-10-12-34(30-36)43-31-33(27-28-54-43)32-11-9-13-35(29-32)56-45-20-6-2-18-42(45)51-47(56)26-24-40-38-16-4-8-22-49(38)58-53(40)51/h1-31H. The molecule has 0 amide bonds. The molecule has 0 saturated heterocycles. The van der Waals surface area contributed by atoms with Crippen molar-refractivity contribution in [1.82, 2.24) is 14.1 Å². The highest BCUT2D eigenvalue weighted by atomic mass is 32.1. The molecule has 8 aromatic carbocycles. The molecular weight excluding hydrogens is 727 g/mol. The summed E-state index contributed by atoms with van der Waals surface area (Å²) in [5, 5.41) is 9.80. The first kappa shape index (κ1) is 31.7. The van der Waals surface area contributed by atoms with Crippen LogP contribution in [0, 0.1) is 0 Å². The Morgan fingerprint density at radius 2 is 1.02 bits per heavy atom. The van der Waals surface area contributed by atoms with Crippen molar-refractivity contribution in [3.8, 4) is 33.8 Å². The highest BCUT2D eigenvalue weighted by Gasteiger charge is 2.20. The van der Waals surface area contributed by atoms with E-state index in [-0.39, 0.29) is 0 Å². The molecule has 5 heterocycles. The van der Waals surface area contributed by atoms with Crippen molar-refractivity contribution in [3.05, 3.63) is 188 Å². The molecule has 0 unspecified atom stereocenters. The minimum atomic E-state index is 0.906. The van der Waals surface area contributed by atoms with Crippen molar-refractivity contribution in [2.75, 3.05) is 0 Å². The van der Waals surface area contributed by atoms with E-state index in [4.69, 9.17) is 9.40 Å². The number of benzene rings is 8. The van der Waals surface area contributed by atoms with Crippen molar-refractivity contribution >= 4 is 97.1 Å². The molecule has 13 rings (SSSR count). The van der Waals surface area contributed by atoms with Crippen LogP contribution in [0.4, 0.5) is 0 Å². The van der Waals surface area contributed by atoms with Crippen LogP contribution in [-0.2, 0) is 0 Å². The molecule has 0 aliphatic carbocycles. The maximum absolute atomic E-state index is 6.55. The molecule has 0 aliphatic heterocycles. The van der Waals surface area contributed by atoms with Gasteiger partial charge in [-0.05, 0) is 90.0 Å². The average molecular weight is 758 g/mol. The summed E-state index contributed by atoms with van der Waals surface area (Å²) in [6.07, 6.45) is 1.93. The van der Waals surface area contributed by atoms with Gasteiger partial charge < -0.3 is 13.6 Å². The number of para-hydroxylation sites is 3. The van der Waals surface area contributed by atoms with E-state index in [1.165, 1.54) is 47.4 Å². The number of furan rings is 1. The Bertz CT molecular complexity index is 3580. The van der Waals surface area contributed by atoms with Crippen LogP contribution in [0.2, 0.25) is 0 Å². The maximum atomic E-state index is 6.55. The fourth-order valence-electron chi connectivity index (χ4n) is 9.42. The molecule has 0 spiro atoms. The Morgan fingerprint density at radius 3 is 1.81 bits per heavy atom. The lowest BCUT2D eigenvalue weighted by atomic mass is 10.0. The zero-order chi connectivity index (χ0) is 37.9. The molecule has 5 aromatic heterocycles. The zero-order valence-corrected chi connectivity index (χ0v) is 31.9. The first-order chi connectivity index (χ1) is 28.8. The van der Waals surface area contributed by atoms with Gasteiger partial charge in [-0.25, -0.2) is 0 Å². The van der Waals surface area contributed by atoms with Crippen LogP contribution in [0.15, 0.2) is 193 Å². The van der Waals surface area contributed by atoms with Gasteiger partial charge in [-0.15, -0.1) is 11.3 Å². The molecule has 0 radical (unpaired) electrons. The van der Waals surface area contributed by atoms with E-state index < -0.39 is 0 Å². The molecular formula is C53H31N3OS. The lowest BCUT2D eigenvalue weighted by Gasteiger charge is -2.12. The van der Waals surface area contributed by atoms with Crippen LogP contribution in [0.3, 0.4) is 0 Å². The normalized spacial score (nSPS) is 12.1. The summed E-state index contributed by atoms with van der Waals surface area (Å²) in [4.78, 5) is 4.92. The Balaban J connectivity index is 0.933. The summed E-state index contributed by atoms with van der Waals surface area (Å²) in [7, 11) is 0. The smallest absolute Gasteiger partial charge is 0.145 e. The van der Waals surface area contributed by atoms with Gasteiger partial charge >= 0.3 is 0 Å². The first-order valence-electron chi connectivity index (χ1n) is 19.6. The number of hydrogen-bond acceptors (Lipinski definition) is 3. The largest absolute Gasteiger partial charge is 0.455 e. The third-order valence-corrected chi connectivity index (χ3v) is 13.2. The summed E-state index contributed by atoms with van der Waals surface area (Å²) < 4.78 is 14.0. The molecule has 0 atom stereocenters. The van der Waals surface area contributed by atoms with Crippen LogP contribution in [0.25, 0.3) is 119 Å². The van der Waals surface area contributed by atoms with Crippen molar-refractivity contribution in [3.63, 3.8) is 0 Å². The van der Waals surface area contributed by atoms with E-state index in [1.807, 2.05) is 23.6 Å².